The van der Waals surface area contributed by atoms with Crippen molar-refractivity contribution < 1.29 is 5.11 Å². The summed E-state index contributed by atoms with van der Waals surface area (Å²) in [6.45, 7) is 4.06. The molecule has 1 atom stereocenters. The lowest BCUT2D eigenvalue weighted by Gasteiger charge is -2.02. The van der Waals surface area contributed by atoms with E-state index in [9.17, 15) is 0 Å². The lowest BCUT2D eigenvalue weighted by Crippen LogP contribution is -1.93. The van der Waals surface area contributed by atoms with Crippen LogP contribution in [0.3, 0.4) is 0 Å². The molecule has 0 heterocycles. The number of aliphatic hydroxyl groups excluding tert-OH is 1. The van der Waals surface area contributed by atoms with Crippen molar-refractivity contribution in [1.29, 1.82) is 0 Å². The van der Waals surface area contributed by atoms with Crippen molar-refractivity contribution in [2.24, 2.45) is 0 Å². The fourth-order valence-corrected chi connectivity index (χ4v) is 1.93. The molecule has 0 spiro atoms. The van der Waals surface area contributed by atoms with Crippen molar-refractivity contribution in [3.05, 3.63) is 0 Å². The van der Waals surface area contributed by atoms with E-state index in [2.05, 4.69) is 6.92 Å². The van der Waals surface area contributed by atoms with Crippen molar-refractivity contribution in [2.75, 3.05) is 5.75 Å². The predicted molar refractivity (Wildman–Crippen MR) is 42.0 cm³/mol. The number of hydrogen-bond acceptors (Lipinski definition) is 3. The molecule has 0 saturated heterocycles. The summed E-state index contributed by atoms with van der Waals surface area (Å²) in [4.78, 5) is 0. The molecular weight excluding hydrogens is 140 g/mol. The normalized spacial score (nSPS) is 13.9. The van der Waals surface area contributed by atoms with E-state index in [-0.39, 0.29) is 5.44 Å². The summed E-state index contributed by atoms with van der Waals surface area (Å²) in [5, 5.41) is 8.93. The first-order valence-electron chi connectivity index (χ1n) is 2.77. The minimum atomic E-state index is -0.167. The lowest BCUT2D eigenvalue weighted by molar-refractivity contribution is 0.261. The maximum Gasteiger partial charge on any atom is 0.109 e. The summed E-state index contributed by atoms with van der Waals surface area (Å²) in [5.41, 5.74) is -0.167. The molecule has 0 saturated carbocycles. The molecule has 0 aromatic rings. The van der Waals surface area contributed by atoms with Gasteiger partial charge in [0.15, 0.2) is 0 Å². The number of aliphatic hydroxyl groups is 1. The molecule has 1 unspecified atom stereocenters. The van der Waals surface area contributed by atoms with E-state index in [1.54, 1.807) is 21.6 Å². The van der Waals surface area contributed by atoms with E-state index >= 15 is 0 Å². The molecule has 3 heteroatoms. The summed E-state index contributed by atoms with van der Waals surface area (Å²) in [5.74, 6) is 1.07. The SMILES string of the molecule is CCSSC(O)CC. The molecule has 0 bridgehead atoms. The third-order valence-electron chi connectivity index (χ3n) is 0.646. The van der Waals surface area contributed by atoms with Crippen LogP contribution in [0, 0.1) is 0 Å². The van der Waals surface area contributed by atoms with Gasteiger partial charge in [-0.2, -0.15) is 0 Å². The van der Waals surface area contributed by atoms with Gasteiger partial charge in [0, 0.05) is 5.75 Å². The summed E-state index contributed by atoms with van der Waals surface area (Å²) in [6, 6.07) is 0. The second-order valence-electron chi connectivity index (χ2n) is 1.37. The Morgan fingerprint density at radius 3 is 2.50 bits per heavy atom. The second-order valence-corrected chi connectivity index (χ2v) is 4.20. The van der Waals surface area contributed by atoms with Crippen LogP contribution in [0.4, 0.5) is 0 Å². The smallest absolute Gasteiger partial charge is 0.109 e. The first-order valence-corrected chi connectivity index (χ1v) is 5.15. The van der Waals surface area contributed by atoms with Crippen molar-refractivity contribution >= 4 is 21.6 Å². The highest BCUT2D eigenvalue weighted by atomic mass is 33.1. The fraction of sp³-hybridized carbons (Fsp3) is 1.00. The van der Waals surface area contributed by atoms with Crippen LogP contribution in [0.15, 0.2) is 0 Å². The second kappa shape index (κ2) is 5.79. The van der Waals surface area contributed by atoms with Gasteiger partial charge in [-0.05, 0) is 6.42 Å². The predicted octanol–water partition coefficient (Wildman–Crippen LogP) is 2.12. The lowest BCUT2D eigenvalue weighted by atomic mass is 10.5. The van der Waals surface area contributed by atoms with Gasteiger partial charge in [-0.25, -0.2) is 0 Å². The Balaban J connectivity index is 2.86. The topological polar surface area (TPSA) is 20.2 Å². The van der Waals surface area contributed by atoms with Crippen LogP contribution < -0.4 is 0 Å². The first-order chi connectivity index (χ1) is 3.81. The van der Waals surface area contributed by atoms with Gasteiger partial charge in [-0.1, -0.05) is 35.4 Å². The average Bonchev–Trinajstić information content (AvgIpc) is 1.83. The van der Waals surface area contributed by atoms with Crippen LogP contribution >= 0.6 is 21.6 Å². The summed E-state index contributed by atoms with van der Waals surface area (Å²) < 4.78 is 0. The Morgan fingerprint density at radius 1 is 1.50 bits per heavy atom. The van der Waals surface area contributed by atoms with E-state index in [4.69, 9.17) is 5.11 Å². The van der Waals surface area contributed by atoms with Gasteiger partial charge < -0.3 is 5.11 Å². The van der Waals surface area contributed by atoms with Crippen LogP contribution in [0.5, 0.6) is 0 Å². The Morgan fingerprint density at radius 2 is 2.12 bits per heavy atom. The quantitative estimate of drug-likeness (QED) is 0.492. The van der Waals surface area contributed by atoms with Gasteiger partial charge >= 0.3 is 0 Å². The van der Waals surface area contributed by atoms with Crippen molar-refractivity contribution in [1.82, 2.24) is 0 Å². The van der Waals surface area contributed by atoms with E-state index in [1.165, 1.54) is 0 Å². The van der Waals surface area contributed by atoms with Crippen molar-refractivity contribution in [3.63, 3.8) is 0 Å². The largest absolute Gasteiger partial charge is 0.382 e. The average molecular weight is 152 g/mol. The van der Waals surface area contributed by atoms with E-state index in [0.717, 1.165) is 12.2 Å². The molecule has 0 aliphatic heterocycles. The number of hydrogen-bond donors (Lipinski definition) is 1. The highest BCUT2D eigenvalue weighted by molar-refractivity contribution is 8.76. The highest BCUT2D eigenvalue weighted by Crippen LogP contribution is 2.25. The molecule has 1 N–H and O–H groups in total. The Kier molecular flexibility index (Phi) is 6.27. The van der Waals surface area contributed by atoms with E-state index in [0.29, 0.717) is 0 Å². The fourth-order valence-electron chi connectivity index (χ4n) is 0.215. The summed E-state index contributed by atoms with van der Waals surface area (Å²) in [6.07, 6.45) is 0.845. The molecule has 8 heavy (non-hydrogen) atoms. The zero-order valence-corrected chi connectivity index (χ0v) is 6.89. The van der Waals surface area contributed by atoms with Crippen LogP contribution in [0.2, 0.25) is 0 Å². The molecule has 0 amide bonds. The first kappa shape index (κ1) is 8.66. The Hall–Kier alpha value is 0.660. The van der Waals surface area contributed by atoms with E-state index < -0.39 is 0 Å². The van der Waals surface area contributed by atoms with Gasteiger partial charge in [-0.3, -0.25) is 0 Å². The minimum Gasteiger partial charge on any atom is -0.382 e. The molecular formula is C5H12OS2. The zero-order chi connectivity index (χ0) is 6.41. The molecule has 0 fully saturated rings. The van der Waals surface area contributed by atoms with Crippen molar-refractivity contribution in [3.8, 4) is 0 Å². The van der Waals surface area contributed by atoms with Crippen LogP contribution in [0.1, 0.15) is 20.3 Å². The molecule has 50 valence electrons. The maximum absolute atomic E-state index is 8.93. The van der Waals surface area contributed by atoms with Crippen LogP contribution in [-0.4, -0.2) is 16.3 Å². The zero-order valence-electron chi connectivity index (χ0n) is 5.26. The van der Waals surface area contributed by atoms with Gasteiger partial charge in [0.2, 0.25) is 0 Å². The highest BCUT2D eigenvalue weighted by Gasteiger charge is 1.97. The third-order valence-corrected chi connectivity index (χ3v) is 3.36. The van der Waals surface area contributed by atoms with Crippen LogP contribution in [0.25, 0.3) is 0 Å². The summed E-state index contributed by atoms with van der Waals surface area (Å²) in [7, 11) is 3.26. The minimum absolute atomic E-state index is 0.167. The molecule has 1 nitrogen and oxygen atoms in total. The van der Waals surface area contributed by atoms with Gasteiger partial charge in [-0.15, -0.1) is 0 Å². The molecule has 0 aromatic carbocycles. The van der Waals surface area contributed by atoms with Crippen molar-refractivity contribution in [2.45, 2.75) is 25.7 Å². The van der Waals surface area contributed by atoms with Gasteiger partial charge in [0.1, 0.15) is 5.44 Å². The Labute approximate surface area is 58.6 Å². The molecule has 0 aromatic heterocycles. The van der Waals surface area contributed by atoms with Crippen LogP contribution in [-0.2, 0) is 0 Å². The van der Waals surface area contributed by atoms with Gasteiger partial charge in [0.05, 0.1) is 0 Å². The molecule has 0 aliphatic carbocycles. The summed E-state index contributed by atoms with van der Waals surface area (Å²) >= 11 is 0. The standard InChI is InChI=1S/C5H12OS2/c1-3-5(6)8-7-4-2/h5-6H,3-4H2,1-2H3. The molecule has 0 radical (unpaired) electrons. The number of rotatable bonds is 4. The van der Waals surface area contributed by atoms with Gasteiger partial charge in [0.25, 0.3) is 0 Å². The third kappa shape index (κ3) is 4.81. The maximum atomic E-state index is 8.93. The molecule has 0 aliphatic rings. The Bertz CT molecular complexity index is 49.7. The monoisotopic (exact) mass is 152 g/mol. The molecule has 0 rings (SSSR count). The van der Waals surface area contributed by atoms with E-state index in [1.807, 2.05) is 6.92 Å².